The largest absolute Gasteiger partial charge is 0.491 e. The van der Waals surface area contributed by atoms with Gasteiger partial charge < -0.3 is 15.2 Å². The molecule has 12 heteroatoms. The first-order chi connectivity index (χ1) is 19.0. The van der Waals surface area contributed by atoms with Crippen LogP contribution in [-0.2, 0) is 9.59 Å². The Kier molecular flexibility index (Phi) is 9.74. The minimum atomic E-state index is -5.20. The minimum Gasteiger partial charge on any atom is -0.489 e. The lowest BCUT2D eigenvalue weighted by Crippen LogP contribution is -2.39. The molecule has 0 aliphatic heterocycles. The van der Waals surface area contributed by atoms with E-state index in [0.717, 1.165) is 17.2 Å². The highest BCUT2D eigenvalue weighted by Gasteiger charge is 2.41. The minimum absolute atomic E-state index is 0.0882. The number of aryl methyl sites for hydroxylation is 2. The van der Waals surface area contributed by atoms with Crippen LogP contribution < -0.4 is 31.5 Å². The van der Waals surface area contributed by atoms with Crippen LogP contribution in [0, 0.1) is 13.8 Å². The number of anilines is 1. The molecule has 1 amide bonds. The number of carbonyl (C=O) groups is 2. The Morgan fingerprint density at radius 1 is 1.05 bits per heavy atom. The zero-order valence-electron chi connectivity index (χ0n) is 21.7. The molecular formula is C28H28F3N5O4. The maximum absolute atomic E-state index is 13.3. The molecule has 1 atom stereocenters. The quantitative estimate of drug-likeness (QED) is 0.0689. The third-order valence-corrected chi connectivity index (χ3v) is 5.44. The molecule has 210 valence electrons. The molecule has 1 unspecified atom stereocenters. The molecule has 40 heavy (non-hydrogen) atoms. The second-order valence-corrected chi connectivity index (χ2v) is 8.51. The predicted molar refractivity (Wildman–Crippen MR) is 145 cm³/mol. The summed E-state index contributed by atoms with van der Waals surface area (Å²) in [4.78, 5) is 24.7. The van der Waals surface area contributed by atoms with E-state index >= 15 is 0 Å². The van der Waals surface area contributed by atoms with Gasteiger partial charge in [-0.2, -0.15) is 18.3 Å². The van der Waals surface area contributed by atoms with Crippen molar-refractivity contribution in [3.05, 3.63) is 102 Å². The SMILES string of the molecule is C=CCOc1c(C)cc(C(N/N=C(\N)c2ccccc2OC(=O)C(F)(F)F)C(=O)NNc2ccccc2)cc1C. The summed E-state index contributed by atoms with van der Waals surface area (Å²) in [5.41, 5.74) is 16.7. The van der Waals surface area contributed by atoms with Gasteiger partial charge in [-0.15, -0.1) is 0 Å². The van der Waals surface area contributed by atoms with E-state index < -0.39 is 29.8 Å². The van der Waals surface area contributed by atoms with Gasteiger partial charge in [0.25, 0.3) is 5.91 Å². The number of carbonyl (C=O) groups excluding carboxylic acids is 2. The van der Waals surface area contributed by atoms with Gasteiger partial charge in [0, 0.05) is 0 Å². The number of ether oxygens (including phenoxy) is 2. The maximum atomic E-state index is 13.3. The van der Waals surface area contributed by atoms with Crippen molar-refractivity contribution in [2.45, 2.75) is 26.1 Å². The van der Waals surface area contributed by atoms with Crippen molar-refractivity contribution in [3.63, 3.8) is 0 Å². The molecule has 0 heterocycles. The fraction of sp³-hybridized carbons (Fsp3) is 0.179. The van der Waals surface area contributed by atoms with E-state index in [9.17, 15) is 22.8 Å². The van der Waals surface area contributed by atoms with E-state index in [2.05, 4.69) is 32.7 Å². The fourth-order valence-corrected chi connectivity index (χ4v) is 3.65. The Labute approximate surface area is 228 Å². The Bertz CT molecular complexity index is 1370. The molecule has 0 aliphatic rings. The van der Waals surface area contributed by atoms with Crippen molar-refractivity contribution in [1.29, 1.82) is 0 Å². The average molecular weight is 556 g/mol. The maximum Gasteiger partial charge on any atom is 0.491 e. The van der Waals surface area contributed by atoms with Crippen LogP contribution in [0.25, 0.3) is 0 Å². The number of nitrogens with one attached hydrogen (secondary N) is 3. The first-order valence-electron chi connectivity index (χ1n) is 11.9. The number of hydrogen-bond acceptors (Lipinski definition) is 7. The van der Waals surface area contributed by atoms with Gasteiger partial charge in [0.05, 0.1) is 11.3 Å². The normalized spacial score (nSPS) is 12.2. The predicted octanol–water partition coefficient (Wildman–Crippen LogP) is 4.43. The van der Waals surface area contributed by atoms with Crippen molar-refractivity contribution < 1.29 is 32.2 Å². The van der Waals surface area contributed by atoms with Gasteiger partial charge in [-0.1, -0.05) is 43.0 Å². The number of amidine groups is 1. The Hall–Kier alpha value is -5.00. The molecule has 9 nitrogen and oxygen atoms in total. The lowest BCUT2D eigenvalue weighted by molar-refractivity contribution is -0.189. The third-order valence-electron chi connectivity index (χ3n) is 5.44. The number of hydrogen-bond donors (Lipinski definition) is 4. The van der Waals surface area contributed by atoms with Crippen LogP contribution >= 0.6 is 0 Å². The first-order valence-corrected chi connectivity index (χ1v) is 11.9. The summed E-state index contributed by atoms with van der Waals surface area (Å²) in [6, 6.07) is 16.6. The molecule has 0 radical (unpaired) electrons. The third kappa shape index (κ3) is 7.76. The summed E-state index contributed by atoms with van der Waals surface area (Å²) in [6.07, 6.45) is -3.59. The lowest BCUT2D eigenvalue weighted by atomic mass is 10.00. The Morgan fingerprint density at radius 2 is 1.68 bits per heavy atom. The van der Waals surface area contributed by atoms with Crippen molar-refractivity contribution in [3.8, 4) is 11.5 Å². The number of rotatable bonds is 11. The highest BCUT2D eigenvalue weighted by molar-refractivity contribution is 6.00. The van der Waals surface area contributed by atoms with E-state index in [-0.39, 0.29) is 11.4 Å². The number of esters is 1. The van der Waals surface area contributed by atoms with Crippen LogP contribution in [0.1, 0.15) is 28.3 Å². The topological polar surface area (TPSA) is 127 Å². The molecule has 3 aromatic rings. The molecular weight excluding hydrogens is 527 g/mol. The zero-order chi connectivity index (χ0) is 29.3. The van der Waals surface area contributed by atoms with Crippen LogP contribution in [0.2, 0.25) is 0 Å². The molecule has 0 bridgehead atoms. The van der Waals surface area contributed by atoms with E-state index in [1.165, 1.54) is 18.2 Å². The molecule has 0 fully saturated rings. The number of hydrazine groups is 1. The number of hydrazone groups is 1. The lowest BCUT2D eigenvalue weighted by Gasteiger charge is -2.21. The molecule has 3 aromatic carbocycles. The summed E-state index contributed by atoms with van der Waals surface area (Å²) in [5, 5.41) is 4.05. The van der Waals surface area contributed by atoms with Crippen LogP contribution in [0.15, 0.2) is 84.5 Å². The van der Waals surface area contributed by atoms with Crippen molar-refractivity contribution >= 4 is 23.4 Å². The Balaban J connectivity index is 1.92. The van der Waals surface area contributed by atoms with Crippen LogP contribution in [-0.4, -0.2) is 30.5 Å². The fourth-order valence-electron chi connectivity index (χ4n) is 3.65. The number of para-hydroxylation sites is 2. The van der Waals surface area contributed by atoms with E-state index in [4.69, 9.17) is 10.5 Å². The zero-order valence-corrected chi connectivity index (χ0v) is 21.7. The summed E-state index contributed by atoms with van der Waals surface area (Å²) in [6.45, 7) is 7.57. The monoisotopic (exact) mass is 555 g/mol. The summed E-state index contributed by atoms with van der Waals surface area (Å²) in [5.74, 6) is -3.09. The summed E-state index contributed by atoms with van der Waals surface area (Å²) < 4.78 is 48.4. The number of halogens is 3. The summed E-state index contributed by atoms with van der Waals surface area (Å²) in [7, 11) is 0. The molecule has 0 aliphatic carbocycles. The standard InChI is InChI=1S/C28H28F3N5O4/c1-4-14-39-24-17(2)15-19(16-18(24)3)23(26(37)36-33-20-10-6-5-7-11-20)34-35-25(32)21-12-8-9-13-22(21)40-27(38)28(29,30)31/h4-13,15-16,23,33-34H,1,14H2,2-3H3,(H2,32,35)(H,36,37). The molecule has 3 rings (SSSR count). The van der Waals surface area contributed by atoms with Gasteiger partial charge in [-0.05, 0) is 66.9 Å². The van der Waals surface area contributed by atoms with E-state index in [1.54, 1.807) is 42.5 Å². The van der Waals surface area contributed by atoms with Crippen LogP contribution in [0.4, 0.5) is 18.9 Å². The average Bonchev–Trinajstić information content (AvgIpc) is 2.92. The molecule has 0 aromatic heterocycles. The molecule has 0 saturated carbocycles. The van der Waals surface area contributed by atoms with Gasteiger partial charge in [-0.25, -0.2) is 4.79 Å². The van der Waals surface area contributed by atoms with Crippen LogP contribution in [0.3, 0.4) is 0 Å². The van der Waals surface area contributed by atoms with Gasteiger partial charge >= 0.3 is 12.1 Å². The molecule has 0 spiro atoms. The number of nitrogens with two attached hydrogens (primary N) is 1. The number of alkyl halides is 3. The highest BCUT2D eigenvalue weighted by atomic mass is 19.4. The van der Waals surface area contributed by atoms with Gasteiger partial charge in [0.15, 0.2) is 5.84 Å². The number of benzene rings is 3. The smallest absolute Gasteiger partial charge is 0.489 e. The second-order valence-electron chi connectivity index (χ2n) is 8.51. The number of amides is 1. The van der Waals surface area contributed by atoms with Crippen molar-refractivity contribution in [1.82, 2.24) is 10.9 Å². The van der Waals surface area contributed by atoms with Crippen molar-refractivity contribution in [2.24, 2.45) is 10.8 Å². The second kappa shape index (κ2) is 13.2. The Morgan fingerprint density at radius 3 is 2.30 bits per heavy atom. The number of nitrogens with zero attached hydrogens (tertiary/aromatic N) is 1. The molecule has 0 saturated heterocycles. The van der Waals surface area contributed by atoms with E-state index in [0.29, 0.717) is 23.6 Å². The van der Waals surface area contributed by atoms with Gasteiger partial charge in [0.1, 0.15) is 24.1 Å². The van der Waals surface area contributed by atoms with Gasteiger partial charge in [-0.3, -0.25) is 21.1 Å². The molecule has 5 N–H and O–H groups in total. The summed E-state index contributed by atoms with van der Waals surface area (Å²) >= 11 is 0. The first kappa shape index (κ1) is 29.6. The highest BCUT2D eigenvalue weighted by Crippen LogP contribution is 2.28. The van der Waals surface area contributed by atoms with Crippen LogP contribution in [0.5, 0.6) is 11.5 Å². The van der Waals surface area contributed by atoms with Gasteiger partial charge in [0.2, 0.25) is 0 Å². The van der Waals surface area contributed by atoms with Crippen molar-refractivity contribution in [2.75, 3.05) is 12.0 Å². The van der Waals surface area contributed by atoms with E-state index in [1.807, 2.05) is 19.9 Å².